The maximum Gasteiger partial charge on any atom is 0.338 e. The van der Waals surface area contributed by atoms with Crippen molar-refractivity contribution in [3.8, 4) is 11.3 Å². The molecule has 9 nitrogen and oxygen atoms in total. The van der Waals surface area contributed by atoms with Crippen LogP contribution in [-0.4, -0.2) is 49.5 Å². The summed E-state index contributed by atoms with van der Waals surface area (Å²) in [4.78, 5) is 48.1. The second kappa shape index (κ2) is 7.78. The van der Waals surface area contributed by atoms with Crippen molar-refractivity contribution < 1.29 is 33.1 Å². The van der Waals surface area contributed by atoms with Crippen molar-refractivity contribution in [2.45, 2.75) is 0 Å². The molecule has 0 radical (unpaired) electrons. The molecule has 1 aliphatic rings. The Morgan fingerprint density at radius 2 is 1.86 bits per heavy atom. The largest absolute Gasteiger partial charge is 0.468 e. The average molecular weight is 384 g/mol. The van der Waals surface area contributed by atoms with E-state index in [1.807, 2.05) is 0 Å². The van der Waals surface area contributed by atoms with Gasteiger partial charge < -0.3 is 19.2 Å². The first-order valence-electron chi connectivity index (χ1n) is 8.13. The molecule has 3 amide bonds. The Hall–Kier alpha value is -3.88. The lowest BCUT2D eigenvalue weighted by atomic mass is 10.1. The van der Waals surface area contributed by atoms with Gasteiger partial charge in [0.2, 0.25) is 0 Å². The predicted octanol–water partition coefficient (Wildman–Crippen LogP) is 1.80. The number of esters is 2. The van der Waals surface area contributed by atoms with E-state index in [2.05, 4.69) is 10.1 Å². The molecule has 1 aromatic heterocycles. The maximum absolute atomic E-state index is 12.3. The molecule has 0 saturated carbocycles. The molecule has 0 spiro atoms. The smallest absolute Gasteiger partial charge is 0.338 e. The highest BCUT2D eigenvalue weighted by molar-refractivity contribution is 6.15. The summed E-state index contributed by atoms with van der Waals surface area (Å²) in [6, 6.07) is 9.22. The van der Waals surface area contributed by atoms with E-state index < -0.39 is 30.4 Å². The summed E-state index contributed by atoms with van der Waals surface area (Å²) in [5.74, 6) is -1.24. The van der Waals surface area contributed by atoms with Crippen molar-refractivity contribution in [3.63, 3.8) is 0 Å². The molecule has 144 valence electrons. The summed E-state index contributed by atoms with van der Waals surface area (Å²) in [6.07, 6.45) is 1.34. The third-order valence-corrected chi connectivity index (χ3v) is 3.99. The fourth-order valence-electron chi connectivity index (χ4n) is 2.61. The van der Waals surface area contributed by atoms with Gasteiger partial charge in [-0.05, 0) is 18.2 Å². The van der Waals surface area contributed by atoms with Crippen LogP contribution < -0.4 is 5.32 Å². The van der Waals surface area contributed by atoms with Crippen LogP contribution in [0.25, 0.3) is 17.4 Å². The van der Waals surface area contributed by atoms with E-state index in [1.54, 1.807) is 36.4 Å². The highest BCUT2D eigenvalue weighted by Crippen LogP contribution is 2.27. The number of carbonyl (C=O) groups excluding carboxylic acids is 4. The Bertz CT molecular complexity index is 990. The van der Waals surface area contributed by atoms with Crippen LogP contribution in [0.1, 0.15) is 16.1 Å². The lowest BCUT2D eigenvalue weighted by Crippen LogP contribution is -2.36. The van der Waals surface area contributed by atoms with Crippen LogP contribution in [0.2, 0.25) is 0 Å². The topological polar surface area (TPSA) is 115 Å². The van der Waals surface area contributed by atoms with Crippen LogP contribution in [0, 0.1) is 0 Å². The molecule has 0 unspecified atom stereocenters. The number of urea groups is 1. The quantitative estimate of drug-likeness (QED) is 0.475. The minimum atomic E-state index is -0.732. The van der Waals surface area contributed by atoms with Crippen molar-refractivity contribution in [2.75, 3.05) is 20.8 Å². The Kier molecular flexibility index (Phi) is 5.25. The number of hydrogen-bond donors (Lipinski definition) is 1. The van der Waals surface area contributed by atoms with Crippen molar-refractivity contribution in [2.24, 2.45) is 0 Å². The second-order valence-corrected chi connectivity index (χ2v) is 5.69. The standard InChI is InChI=1S/C19H16N2O7/c1-26-16(22)10-21-17(23)14(20-19(21)25)9-11-7-8-15(28-11)12-5-3-4-6-13(12)18(24)27-2/h3-9H,10H2,1-2H3,(H,20,25)/b14-9+. The van der Waals surface area contributed by atoms with Gasteiger partial charge in [0.1, 0.15) is 23.8 Å². The first-order valence-corrected chi connectivity index (χ1v) is 8.13. The Morgan fingerprint density at radius 1 is 1.11 bits per heavy atom. The van der Waals surface area contributed by atoms with Crippen molar-refractivity contribution in [1.29, 1.82) is 0 Å². The number of methoxy groups -OCH3 is 2. The third-order valence-electron chi connectivity index (χ3n) is 3.99. The third kappa shape index (κ3) is 3.63. The number of furan rings is 1. The van der Waals surface area contributed by atoms with E-state index in [1.165, 1.54) is 13.2 Å². The normalized spacial score (nSPS) is 14.9. The number of amides is 3. The van der Waals surface area contributed by atoms with Crippen molar-refractivity contribution >= 4 is 30.0 Å². The SMILES string of the molecule is COC(=O)CN1C(=O)N/C(=C/c2ccc(-c3ccccc3C(=O)OC)o2)C1=O. The van der Waals surface area contributed by atoms with Crippen LogP contribution in [0.3, 0.4) is 0 Å². The lowest BCUT2D eigenvalue weighted by Gasteiger charge is -2.08. The molecule has 2 heterocycles. The van der Waals surface area contributed by atoms with Gasteiger partial charge in [-0.2, -0.15) is 0 Å². The zero-order chi connectivity index (χ0) is 20.3. The summed E-state index contributed by atoms with van der Waals surface area (Å²) in [6.45, 7) is -0.492. The van der Waals surface area contributed by atoms with E-state index in [-0.39, 0.29) is 11.5 Å². The van der Waals surface area contributed by atoms with E-state index in [0.717, 1.165) is 12.0 Å². The van der Waals surface area contributed by atoms with Gasteiger partial charge in [-0.3, -0.25) is 9.59 Å². The fraction of sp³-hybridized carbons (Fsp3) is 0.158. The second-order valence-electron chi connectivity index (χ2n) is 5.69. The van der Waals surface area contributed by atoms with Crippen molar-refractivity contribution in [3.05, 3.63) is 53.4 Å². The van der Waals surface area contributed by atoms with Crippen LogP contribution in [0.5, 0.6) is 0 Å². The first kappa shape index (κ1) is 18.9. The van der Waals surface area contributed by atoms with E-state index >= 15 is 0 Å². The predicted molar refractivity (Wildman–Crippen MR) is 95.7 cm³/mol. The lowest BCUT2D eigenvalue weighted by molar-refractivity contribution is -0.143. The summed E-state index contributed by atoms with van der Waals surface area (Å²) in [5.41, 5.74) is 0.803. The summed E-state index contributed by atoms with van der Waals surface area (Å²) < 4.78 is 14.9. The number of ether oxygens (including phenoxy) is 2. The molecule has 1 N–H and O–H groups in total. The Labute approximate surface area is 159 Å². The number of imide groups is 1. The van der Waals surface area contributed by atoms with Crippen LogP contribution in [0.4, 0.5) is 4.79 Å². The number of hydrogen-bond acceptors (Lipinski definition) is 7. The van der Waals surface area contributed by atoms with Crippen LogP contribution in [0.15, 0.2) is 46.5 Å². The van der Waals surface area contributed by atoms with Gasteiger partial charge in [0.25, 0.3) is 5.91 Å². The molecule has 28 heavy (non-hydrogen) atoms. The zero-order valence-corrected chi connectivity index (χ0v) is 15.1. The number of carbonyl (C=O) groups is 4. The van der Waals surface area contributed by atoms with Crippen LogP contribution >= 0.6 is 0 Å². The average Bonchev–Trinajstić information content (AvgIpc) is 3.27. The molecular weight excluding hydrogens is 368 g/mol. The van der Waals surface area contributed by atoms with Gasteiger partial charge in [0.05, 0.1) is 19.8 Å². The fourth-order valence-corrected chi connectivity index (χ4v) is 2.61. The zero-order valence-electron chi connectivity index (χ0n) is 15.1. The molecule has 1 aliphatic heterocycles. The van der Waals surface area contributed by atoms with Gasteiger partial charge in [-0.15, -0.1) is 0 Å². The molecule has 1 fully saturated rings. The number of benzene rings is 1. The number of rotatable bonds is 5. The molecular formula is C19H16N2O7. The van der Waals surface area contributed by atoms with Gasteiger partial charge >= 0.3 is 18.0 Å². The van der Waals surface area contributed by atoms with Gasteiger partial charge in [0, 0.05) is 11.6 Å². The van der Waals surface area contributed by atoms with Crippen molar-refractivity contribution in [1.82, 2.24) is 10.2 Å². The highest BCUT2D eigenvalue weighted by Gasteiger charge is 2.35. The number of nitrogens with zero attached hydrogens (tertiary/aromatic N) is 1. The summed E-state index contributed by atoms with van der Waals surface area (Å²) in [7, 11) is 2.44. The number of nitrogens with one attached hydrogen (secondary N) is 1. The minimum absolute atomic E-state index is 0.0453. The van der Waals surface area contributed by atoms with Gasteiger partial charge in [-0.25, -0.2) is 14.5 Å². The molecule has 9 heteroatoms. The molecule has 3 rings (SSSR count). The Balaban J connectivity index is 1.86. The van der Waals surface area contributed by atoms with Gasteiger partial charge in [-0.1, -0.05) is 18.2 Å². The first-order chi connectivity index (χ1) is 13.4. The molecule has 0 aliphatic carbocycles. The maximum atomic E-state index is 12.3. The van der Waals surface area contributed by atoms with Crippen LogP contribution in [-0.2, 0) is 19.1 Å². The molecule has 1 aromatic carbocycles. The highest BCUT2D eigenvalue weighted by atomic mass is 16.5. The monoisotopic (exact) mass is 384 g/mol. The summed E-state index contributed by atoms with van der Waals surface area (Å²) >= 11 is 0. The molecule has 0 bridgehead atoms. The van der Waals surface area contributed by atoms with E-state index in [9.17, 15) is 19.2 Å². The molecule has 1 saturated heterocycles. The minimum Gasteiger partial charge on any atom is -0.468 e. The van der Waals surface area contributed by atoms with E-state index in [0.29, 0.717) is 16.9 Å². The summed E-state index contributed by atoms with van der Waals surface area (Å²) in [5, 5.41) is 2.38. The van der Waals surface area contributed by atoms with Gasteiger partial charge in [0.15, 0.2) is 0 Å². The van der Waals surface area contributed by atoms with E-state index in [4.69, 9.17) is 9.15 Å². The molecule has 2 aromatic rings. The Morgan fingerprint density at radius 3 is 2.57 bits per heavy atom. The molecule has 0 atom stereocenters.